The van der Waals surface area contributed by atoms with Gasteiger partial charge in [-0.1, -0.05) is 44.9 Å². The fourth-order valence-corrected chi connectivity index (χ4v) is 2.51. The number of carbonyl (C=O) groups is 1. The predicted molar refractivity (Wildman–Crippen MR) is 81.3 cm³/mol. The van der Waals surface area contributed by atoms with E-state index < -0.39 is 11.6 Å². The third kappa shape index (κ3) is 3.26. The van der Waals surface area contributed by atoms with E-state index in [1.165, 1.54) is 0 Å². The van der Waals surface area contributed by atoms with E-state index in [4.69, 9.17) is 40.6 Å². The van der Waals surface area contributed by atoms with Crippen molar-refractivity contribution in [2.24, 2.45) is 17.4 Å². The van der Waals surface area contributed by atoms with Crippen LogP contribution in [0.15, 0.2) is 12.2 Å². The normalized spacial score (nSPS) is 11.1. The van der Waals surface area contributed by atoms with Crippen LogP contribution in [0.3, 0.4) is 0 Å². The summed E-state index contributed by atoms with van der Waals surface area (Å²) in [6.45, 7) is 8.94. The average Bonchev–Trinajstić information content (AvgIpc) is 2.27. The number of rotatable bonds is 7. The SMILES string of the molecule is C=C(C)C(=O)OC(C(N)=S)(C(N)=S)C(CC)CC. The Morgan fingerprint density at radius 1 is 1.28 bits per heavy atom. The molecule has 6 heteroatoms. The Hall–Kier alpha value is -1.01. The molecule has 0 saturated carbocycles. The van der Waals surface area contributed by atoms with Crippen LogP contribution in [0.25, 0.3) is 0 Å². The highest BCUT2D eigenvalue weighted by atomic mass is 32.1. The standard InChI is InChI=1S/C12H20N2O2S2/c1-5-8(6-2)12(10(13)17,11(14)18)16-9(15)7(3)4/h8H,3,5-6H2,1-2,4H3,(H2,13,17)(H2,14,18). The van der Waals surface area contributed by atoms with Gasteiger partial charge in [0.1, 0.15) is 9.98 Å². The van der Waals surface area contributed by atoms with Crippen molar-refractivity contribution in [1.29, 1.82) is 0 Å². The van der Waals surface area contributed by atoms with Crippen LogP contribution in [0, 0.1) is 5.92 Å². The van der Waals surface area contributed by atoms with Crippen molar-refractivity contribution in [1.82, 2.24) is 0 Å². The Morgan fingerprint density at radius 2 is 1.67 bits per heavy atom. The number of hydrogen-bond acceptors (Lipinski definition) is 4. The highest BCUT2D eigenvalue weighted by molar-refractivity contribution is 7.82. The highest BCUT2D eigenvalue weighted by Gasteiger charge is 2.47. The fourth-order valence-electron chi connectivity index (χ4n) is 1.80. The van der Waals surface area contributed by atoms with Crippen molar-refractivity contribution < 1.29 is 9.53 Å². The van der Waals surface area contributed by atoms with Gasteiger partial charge in [0, 0.05) is 11.5 Å². The van der Waals surface area contributed by atoms with Gasteiger partial charge in [0.05, 0.1) is 0 Å². The minimum Gasteiger partial charge on any atom is -0.441 e. The van der Waals surface area contributed by atoms with E-state index in [1.54, 1.807) is 6.92 Å². The summed E-state index contributed by atoms with van der Waals surface area (Å²) >= 11 is 10.0. The lowest BCUT2D eigenvalue weighted by Crippen LogP contribution is -2.60. The number of ether oxygens (including phenoxy) is 1. The molecule has 18 heavy (non-hydrogen) atoms. The maximum Gasteiger partial charge on any atom is 0.334 e. The van der Waals surface area contributed by atoms with E-state index in [1.807, 2.05) is 13.8 Å². The predicted octanol–water partition coefficient (Wildman–Crippen LogP) is 1.85. The van der Waals surface area contributed by atoms with Crippen LogP contribution < -0.4 is 11.5 Å². The fraction of sp³-hybridized carbons (Fsp3) is 0.583. The molecule has 0 aromatic rings. The van der Waals surface area contributed by atoms with E-state index >= 15 is 0 Å². The zero-order valence-corrected chi connectivity index (χ0v) is 12.6. The molecule has 0 saturated heterocycles. The molecule has 0 rings (SSSR count). The van der Waals surface area contributed by atoms with Crippen molar-refractivity contribution in [3.05, 3.63) is 12.2 Å². The van der Waals surface area contributed by atoms with Crippen molar-refractivity contribution >= 4 is 40.4 Å². The Kier molecular flexibility index (Phi) is 6.42. The molecule has 0 aliphatic carbocycles. The molecule has 0 radical (unpaired) electrons. The van der Waals surface area contributed by atoms with E-state index in [2.05, 4.69) is 6.58 Å². The Labute approximate surface area is 119 Å². The number of carbonyl (C=O) groups excluding carboxylic acids is 1. The maximum atomic E-state index is 11.8. The van der Waals surface area contributed by atoms with Gasteiger partial charge in [0.2, 0.25) is 5.60 Å². The summed E-state index contributed by atoms with van der Waals surface area (Å²) < 4.78 is 5.40. The lowest BCUT2D eigenvalue weighted by atomic mass is 9.82. The summed E-state index contributed by atoms with van der Waals surface area (Å²) in [6.07, 6.45) is 1.38. The van der Waals surface area contributed by atoms with Gasteiger partial charge in [-0.2, -0.15) is 0 Å². The monoisotopic (exact) mass is 288 g/mol. The molecule has 0 aromatic heterocycles. The second kappa shape index (κ2) is 6.80. The summed E-state index contributed by atoms with van der Waals surface area (Å²) in [6, 6.07) is 0. The second-order valence-corrected chi connectivity index (χ2v) is 5.03. The number of thiocarbonyl (C=S) groups is 2. The zero-order valence-electron chi connectivity index (χ0n) is 11.0. The summed E-state index contributed by atoms with van der Waals surface area (Å²) in [5.41, 5.74) is 10.3. The summed E-state index contributed by atoms with van der Waals surface area (Å²) in [5, 5.41) is 0. The molecule has 0 atom stereocenters. The van der Waals surface area contributed by atoms with Crippen molar-refractivity contribution in [2.75, 3.05) is 0 Å². The van der Waals surface area contributed by atoms with Gasteiger partial charge < -0.3 is 16.2 Å². The Balaban J connectivity index is 5.64. The van der Waals surface area contributed by atoms with Gasteiger partial charge in [-0.15, -0.1) is 0 Å². The quantitative estimate of drug-likeness (QED) is 0.423. The molecule has 0 amide bonds. The molecular formula is C12H20N2O2S2. The van der Waals surface area contributed by atoms with Gasteiger partial charge in [0.25, 0.3) is 0 Å². The molecule has 0 fully saturated rings. The third-order valence-corrected chi connectivity index (χ3v) is 3.50. The Morgan fingerprint density at radius 3 is 1.89 bits per heavy atom. The minimum atomic E-state index is -1.37. The highest BCUT2D eigenvalue weighted by Crippen LogP contribution is 2.30. The first-order valence-electron chi connectivity index (χ1n) is 5.72. The van der Waals surface area contributed by atoms with E-state index in [0.29, 0.717) is 12.8 Å². The first kappa shape index (κ1) is 17.0. The largest absolute Gasteiger partial charge is 0.441 e. The van der Waals surface area contributed by atoms with Gasteiger partial charge >= 0.3 is 5.97 Å². The van der Waals surface area contributed by atoms with Crippen LogP contribution in [0.4, 0.5) is 0 Å². The van der Waals surface area contributed by atoms with E-state index in [-0.39, 0.29) is 21.5 Å². The number of hydrogen-bond donors (Lipinski definition) is 2. The minimum absolute atomic E-state index is 0.0155. The van der Waals surface area contributed by atoms with E-state index in [9.17, 15) is 4.79 Å². The van der Waals surface area contributed by atoms with Gasteiger partial charge in [-0.05, 0) is 19.8 Å². The smallest absolute Gasteiger partial charge is 0.334 e. The molecule has 0 aliphatic heterocycles. The van der Waals surface area contributed by atoms with Gasteiger partial charge in [0.15, 0.2) is 0 Å². The molecule has 0 bridgehead atoms. The summed E-state index contributed by atoms with van der Waals surface area (Å²) in [5.74, 6) is -0.738. The van der Waals surface area contributed by atoms with Crippen LogP contribution in [0.2, 0.25) is 0 Å². The lowest BCUT2D eigenvalue weighted by molar-refractivity contribution is -0.147. The first-order valence-corrected chi connectivity index (χ1v) is 6.54. The molecule has 0 unspecified atom stereocenters. The summed E-state index contributed by atoms with van der Waals surface area (Å²) in [7, 11) is 0. The lowest BCUT2D eigenvalue weighted by Gasteiger charge is -2.37. The van der Waals surface area contributed by atoms with Crippen LogP contribution in [-0.2, 0) is 9.53 Å². The molecule has 0 aliphatic rings. The van der Waals surface area contributed by atoms with Crippen LogP contribution >= 0.6 is 24.4 Å². The number of nitrogens with two attached hydrogens (primary N) is 2. The summed E-state index contributed by atoms with van der Waals surface area (Å²) in [4.78, 5) is 11.7. The van der Waals surface area contributed by atoms with Crippen LogP contribution in [0.1, 0.15) is 33.6 Å². The molecule has 102 valence electrons. The maximum absolute atomic E-state index is 11.8. The second-order valence-electron chi connectivity index (χ2n) is 4.15. The van der Waals surface area contributed by atoms with Crippen LogP contribution in [0.5, 0.6) is 0 Å². The third-order valence-electron chi connectivity index (χ3n) is 2.89. The van der Waals surface area contributed by atoms with E-state index in [0.717, 1.165) is 0 Å². The molecule has 0 spiro atoms. The van der Waals surface area contributed by atoms with Gasteiger partial charge in [-0.3, -0.25) is 0 Å². The zero-order chi connectivity index (χ0) is 14.5. The molecule has 0 heterocycles. The number of esters is 1. The molecule has 4 N–H and O–H groups in total. The van der Waals surface area contributed by atoms with Crippen molar-refractivity contribution in [3.63, 3.8) is 0 Å². The molecule has 4 nitrogen and oxygen atoms in total. The first-order chi connectivity index (χ1) is 8.23. The Bertz CT molecular complexity index is 362. The van der Waals surface area contributed by atoms with Crippen molar-refractivity contribution in [3.8, 4) is 0 Å². The topological polar surface area (TPSA) is 78.3 Å². The average molecular weight is 288 g/mol. The van der Waals surface area contributed by atoms with Crippen LogP contribution in [-0.4, -0.2) is 21.5 Å². The van der Waals surface area contributed by atoms with Crippen molar-refractivity contribution in [2.45, 2.75) is 39.2 Å². The molecular weight excluding hydrogens is 268 g/mol. The van der Waals surface area contributed by atoms with Gasteiger partial charge in [-0.25, -0.2) is 4.79 Å². The molecule has 0 aromatic carbocycles.